The van der Waals surface area contributed by atoms with Crippen molar-refractivity contribution in [3.63, 3.8) is 0 Å². The van der Waals surface area contributed by atoms with E-state index in [-0.39, 0.29) is 13.2 Å². The van der Waals surface area contributed by atoms with Crippen molar-refractivity contribution in [3.05, 3.63) is 33.1 Å². The molecule has 0 aliphatic carbocycles. The molecular weight excluding hydrogens is 160 g/mol. The Morgan fingerprint density at radius 1 is 1.33 bits per heavy atom. The van der Waals surface area contributed by atoms with E-state index in [0.717, 1.165) is 0 Å². The van der Waals surface area contributed by atoms with Gasteiger partial charge in [-0.25, -0.2) is 0 Å². The van der Waals surface area contributed by atoms with E-state index in [2.05, 4.69) is 0 Å². The number of aliphatic hydroxyl groups excluding tert-OH is 1. The molecule has 5 nitrogen and oxygen atoms in total. The average Bonchev–Trinajstić information content (AvgIpc) is 2.07. The molecular formula is C7H10N2O3. The summed E-state index contributed by atoms with van der Waals surface area (Å²) < 4.78 is 2.39. The van der Waals surface area contributed by atoms with Crippen LogP contribution < -0.4 is 11.1 Å². The van der Waals surface area contributed by atoms with Crippen LogP contribution in [0.15, 0.2) is 22.0 Å². The van der Waals surface area contributed by atoms with E-state index in [1.54, 1.807) is 0 Å². The number of hydrogen-bond acceptors (Lipinski definition) is 3. The lowest BCUT2D eigenvalue weighted by molar-refractivity contribution is 0.273. The lowest BCUT2D eigenvalue weighted by Crippen LogP contribution is -2.39. The lowest BCUT2D eigenvalue weighted by atomic mass is 10.6. The van der Waals surface area contributed by atoms with Crippen LogP contribution in [0.25, 0.3) is 0 Å². The van der Waals surface area contributed by atoms with Crippen molar-refractivity contribution in [1.82, 2.24) is 9.13 Å². The third-order valence-electron chi connectivity index (χ3n) is 1.58. The lowest BCUT2D eigenvalue weighted by Gasteiger charge is -2.02. The van der Waals surface area contributed by atoms with E-state index in [1.807, 2.05) is 0 Å². The molecule has 0 aliphatic heterocycles. The molecule has 1 aromatic heterocycles. The van der Waals surface area contributed by atoms with Crippen LogP contribution in [-0.2, 0) is 13.6 Å². The van der Waals surface area contributed by atoms with Gasteiger partial charge in [0.05, 0.1) is 6.61 Å². The van der Waals surface area contributed by atoms with Crippen LogP contribution in [0.1, 0.15) is 0 Å². The van der Waals surface area contributed by atoms with Gasteiger partial charge in [0, 0.05) is 26.0 Å². The molecule has 0 unspecified atom stereocenters. The number of hydrogen-bond donors (Lipinski definition) is 1. The minimum Gasteiger partial charge on any atom is -0.395 e. The molecule has 0 atom stereocenters. The van der Waals surface area contributed by atoms with Gasteiger partial charge in [0.25, 0.3) is 0 Å². The van der Waals surface area contributed by atoms with Gasteiger partial charge < -0.3 is 14.2 Å². The van der Waals surface area contributed by atoms with Crippen molar-refractivity contribution in [3.8, 4) is 0 Å². The maximum absolute atomic E-state index is 11.1. The fraction of sp³-hybridized carbons (Fsp3) is 0.429. The molecule has 1 aromatic rings. The minimum absolute atomic E-state index is 0.146. The van der Waals surface area contributed by atoms with E-state index in [4.69, 9.17) is 5.11 Å². The van der Waals surface area contributed by atoms with Crippen LogP contribution in [0.3, 0.4) is 0 Å². The second-order valence-electron chi connectivity index (χ2n) is 2.44. The number of rotatable bonds is 2. The van der Waals surface area contributed by atoms with Crippen LogP contribution >= 0.6 is 0 Å². The summed E-state index contributed by atoms with van der Waals surface area (Å²) in [5.74, 6) is 0. The van der Waals surface area contributed by atoms with E-state index < -0.39 is 11.1 Å². The van der Waals surface area contributed by atoms with Gasteiger partial charge in [-0.3, -0.25) is 9.59 Å². The second kappa shape index (κ2) is 3.36. The van der Waals surface area contributed by atoms with Crippen molar-refractivity contribution in [2.24, 2.45) is 7.05 Å². The monoisotopic (exact) mass is 170 g/mol. The Morgan fingerprint density at radius 3 is 2.58 bits per heavy atom. The van der Waals surface area contributed by atoms with Gasteiger partial charge in [0.1, 0.15) is 0 Å². The zero-order valence-electron chi connectivity index (χ0n) is 6.73. The first-order valence-electron chi connectivity index (χ1n) is 3.53. The standard InChI is InChI=1S/C7H10N2O3/c1-8-2-3-9(4-5-10)7(12)6(8)11/h2-3,10H,4-5H2,1H3. The van der Waals surface area contributed by atoms with E-state index in [1.165, 1.54) is 28.6 Å². The fourth-order valence-electron chi connectivity index (χ4n) is 0.873. The Labute approximate surface area is 68.5 Å². The molecule has 0 bridgehead atoms. The van der Waals surface area contributed by atoms with Gasteiger partial charge in [-0.15, -0.1) is 0 Å². The summed E-state index contributed by atoms with van der Waals surface area (Å²) in [6.07, 6.45) is 2.96. The van der Waals surface area contributed by atoms with Gasteiger partial charge >= 0.3 is 11.1 Å². The zero-order valence-corrected chi connectivity index (χ0v) is 6.73. The predicted octanol–water partition coefficient (Wildman–Crippen LogP) is -1.46. The molecule has 0 fully saturated rings. The molecule has 0 saturated heterocycles. The van der Waals surface area contributed by atoms with Gasteiger partial charge in [0.15, 0.2) is 0 Å². The van der Waals surface area contributed by atoms with Crippen LogP contribution in [-0.4, -0.2) is 20.8 Å². The maximum atomic E-state index is 11.1. The summed E-state index contributed by atoms with van der Waals surface area (Å²) in [5, 5.41) is 8.54. The maximum Gasteiger partial charge on any atom is 0.316 e. The molecule has 1 rings (SSSR count). The highest BCUT2D eigenvalue weighted by Gasteiger charge is 1.99. The van der Waals surface area contributed by atoms with E-state index in [0.29, 0.717) is 0 Å². The van der Waals surface area contributed by atoms with Gasteiger partial charge in [-0.2, -0.15) is 0 Å². The molecule has 0 aliphatic rings. The minimum atomic E-state index is -0.603. The van der Waals surface area contributed by atoms with Crippen molar-refractivity contribution >= 4 is 0 Å². The highest BCUT2D eigenvalue weighted by atomic mass is 16.3. The van der Waals surface area contributed by atoms with Crippen molar-refractivity contribution in [1.29, 1.82) is 0 Å². The molecule has 0 aromatic carbocycles. The average molecular weight is 170 g/mol. The molecule has 12 heavy (non-hydrogen) atoms. The largest absolute Gasteiger partial charge is 0.395 e. The first-order chi connectivity index (χ1) is 5.66. The zero-order chi connectivity index (χ0) is 9.14. The summed E-state index contributed by atoms with van der Waals surface area (Å²) in [6.45, 7) is 0.0159. The smallest absolute Gasteiger partial charge is 0.316 e. The summed E-state index contributed by atoms with van der Waals surface area (Å²) in [6, 6.07) is 0. The van der Waals surface area contributed by atoms with Crippen LogP contribution in [0.4, 0.5) is 0 Å². The Hall–Kier alpha value is -1.36. The highest BCUT2D eigenvalue weighted by Crippen LogP contribution is 1.76. The third kappa shape index (κ3) is 1.45. The summed E-state index contributed by atoms with van der Waals surface area (Å²) in [5.41, 5.74) is -1.18. The third-order valence-corrected chi connectivity index (χ3v) is 1.58. The molecule has 66 valence electrons. The molecule has 0 radical (unpaired) electrons. The molecule has 1 heterocycles. The molecule has 1 N–H and O–H groups in total. The topological polar surface area (TPSA) is 64.2 Å². The molecule has 0 spiro atoms. The number of nitrogens with zero attached hydrogens (tertiary/aromatic N) is 2. The number of aryl methyl sites for hydroxylation is 1. The number of aromatic nitrogens is 2. The Morgan fingerprint density at radius 2 is 2.00 bits per heavy atom. The Balaban J connectivity index is 3.28. The first kappa shape index (κ1) is 8.73. The highest BCUT2D eigenvalue weighted by molar-refractivity contribution is 4.84. The Bertz CT molecular complexity index is 377. The molecule has 0 amide bonds. The van der Waals surface area contributed by atoms with Crippen LogP contribution in [0, 0.1) is 0 Å². The van der Waals surface area contributed by atoms with Gasteiger partial charge in [-0.1, -0.05) is 0 Å². The van der Waals surface area contributed by atoms with Gasteiger partial charge in [0.2, 0.25) is 0 Å². The van der Waals surface area contributed by atoms with Crippen LogP contribution in [0.5, 0.6) is 0 Å². The Kier molecular flexibility index (Phi) is 2.44. The van der Waals surface area contributed by atoms with Crippen molar-refractivity contribution in [2.45, 2.75) is 6.54 Å². The number of aliphatic hydroxyl groups is 1. The van der Waals surface area contributed by atoms with E-state index >= 15 is 0 Å². The van der Waals surface area contributed by atoms with Crippen molar-refractivity contribution < 1.29 is 5.11 Å². The van der Waals surface area contributed by atoms with E-state index in [9.17, 15) is 9.59 Å². The normalized spacial score (nSPS) is 10.2. The quantitative estimate of drug-likeness (QED) is 0.552. The molecule has 5 heteroatoms. The second-order valence-corrected chi connectivity index (χ2v) is 2.44. The van der Waals surface area contributed by atoms with Crippen LogP contribution in [0.2, 0.25) is 0 Å². The summed E-state index contributed by atoms with van der Waals surface area (Å²) >= 11 is 0. The molecule has 0 saturated carbocycles. The van der Waals surface area contributed by atoms with Gasteiger partial charge in [-0.05, 0) is 0 Å². The first-order valence-corrected chi connectivity index (χ1v) is 3.53. The summed E-state index contributed by atoms with van der Waals surface area (Å²) in [7, 11) is 1.51. The summed E-state index contributed by atoms with van der Waals surface area (Å²) in [4.78, 5) is 22.1. The SMILES string of the molecule is Cn1ccn(CCO)c(=O)c1=O. The predicted molar refractivity (Wildman–Crippen MR) is 43.0 cm³/mol. The fourth-order valence-corrected chi connectivity index (χ4v) is 0.873. The van der Waals surface area contributed by atoms with Crippen molar-refractivity contribution in [2.75, 3.05) is 6.61 Å².